The molecule has 27 heavy (non-hydrogen) atoms. The average molecular weight is 410 g/mol. The summed E-state index contributed by atoms with van der Waals surface area (Å²) in [6, 6.07) is 8.47. The summed E-state index contributed by atoms with van der Waals surface area (Å²) in [5.74, 6) is -1.65. The van der Waals surface area contributed by atoms with Crippen LogP contribution in [0.1, 0.15) is 27.5 Å². The van der Waals surface area contributed by atoms with Crippen LogP contribution in [0.4, 0.5) is 8.78 Å². The standard InChI is InChI=1S/C19H15Cl2F2N3O/c1-10-14(22)5-6-15(23)17(10)18-13(9-24-26-18)19(27)25-16(8-20)11-3-2-4-12(21)7-11/h2-7,9,16H,8H2,1H3,(H,24,26)(H,25,27)/t16-/m0/s1. The molecular weight excluding hydrogens is 395 g/mol. The molecule has 8 heteroatoms. The third-order valence-corrected chi connectivity index (χ3v) is 4.74. The molecule has 1 amide bonds. The van der Waals surface area contributed by atoms with Gasteiger partial charge in [0, 0.05) is 16.5 Å². The highest BCUT2D eigenvalue weighted by molar-refractivity contribution is 6.30. The number of nitrogens with one attached hydrogen (secondary N) is 2. The zero-order valence-corrected chi connectivity index (χ0v) is 15.7. The number of carbonyl (C=O) groups is 1. The monoisotopic (exact) mass is 409 g/mol. The van der Waals surface area contributed by atoms with Gasteiger partial charge in [-0.15, -0.1) is 11.6 Å². The van der Waals surface area contributed by atoms with Gasteiger partial charge in [-0.1, -0.05) is 23.7 Å². The zero-order valence-electron chi connectivity index (χ0n) is 14.2. The molecule has 1 aromatic heterocycles. The molecule has 1 atom stereocenters. The first-order chi connectivity index (χ1) is 12.9. The number of alkyl halides is 1. The normalized spacial score (nSPS) is 12.0. The molecule has 3 aromatic rings. The Bertz CT molecular complexity index is 991. The van der Waals surface area contributed by atoms with Gasteiger partial charge >= 0.3 is 0 Å². The van der Waals surface area contributed by atoms with Crippen LogP contribution in [0.25, 0.3) is 11.3 Å². The van der Waals surface area contributed by atoms with Crippen LogP contribution in [0, 0.1) is 18.6 Å². The van der Waals surface area contributed by atoms with Crippen LogP contribution in [-0.2, 0) is 0 Å². The van der Waals surface area contributed by atoms with E-state index in [1.54, 1.807) is 24.3 Å². The van der Waals surface area contributed by atoms with E-state index in [2.05, 4.69) is 15.5 Å². The molecule has 0 saturated heterocycles. The molecule has 140 valence electrons. The van der Waals surface area contributed by atoms with Crippen molar-refractivity contribution in [3.8, 4) is 11.3 Å². The topological polar surface area (TPSA) is 57.8 Å². The van der Waals surface area contributed by atoms with Crippen molar-refractivity contribution in [1.29, 1.82) is 0 Å². The number of aromatic amines is 1. The number of halogens is 4. The van der Waals surface area contributed by atoms with E-state index in [9.17, 15) is 13.6 Å². The molecule has 2 aromatic carbocycles. The molecule has 0 aliphatic rings. The first kappa shape index (κ1) is 19.3. The van der Waals surface area contributed by atoms with Gasteiger partial charge in [0.15, 0.2) is 0 Å². The maximum atomic E-state index is 14.3. The van der Waals surface area contributed by atoms with Gasteiger partial charge in [-0.3, -0.25) is 9.89 Å². The number of aromatic nitrogens is 2. The lowest BCUT2D eigenvalue weighted by Crippen LogP contribution is -2.29. The summed E-state index contributed by atoms with van der Waals surface area (Å²) in [5, 5.41) is 9.69. The van der Waals surface area contributed by atoms with Crippen LogP contribution in [-0.4, -0.2) is 22.0 Å². The second-order valence-corrected chi connectivity index (χ2v) is 6.67. The van der Waals surface area contributed by atoms with Gasteiger partial charge in [0.05, 0.1) is 23.5 Å². The maximum Gasteiger partial charge on any atom is 0.255 e. The van der Waals surface area contributed by atoms with Gasteiger partial charge in [-0.25, -0.2) is 8.78 Å². The van der Waals surface area contributed by atoms with E-state index in [-0.39, 0.29) is 28.3 Å². The molecule has 1 heterocycles. The van der Waals surface area contributed by atoms with Crippen LogP contribution in [0.15, 0.2) is 42.6 Å². The van der Waals surface area contributed by atoms with E-state index in [4.69, 9.17) is 23.2 Å². The number of benzene rings is 2. The van der Waals surface area contributed by atoms with Crippen molar-refractivity contribution >= 4 is 29.1 Å². The van der Waals surface area contributed by atoms with Gasteiger partial charge in [-0.05, 0) is 42.3 Å². The third kappa shape index (κ3) is 3.96. The summed E-state index contributed by atoms with van der Waals surface area (Å²) in [4.78, 5) is 12.8. The van der Waals surface area contributed by atoms with Crippen molar-refractivity contribution in [3.63, 3.8) is 0 Å². The molecule has 0 bridgehead atoms. The summed E-state index contributed by atoms with van der Waals surface area (Å²) in [6.45, 7) is 1.43. The molecule has 4 nitrogen and oxygen atoms in total. The minimum absolute atomic E-state index is 0.0390. The first-order valence-electron chi connectivity index (χ1n) is 8.03. The molecule has 0 unspecified atom stereocenters. The van der Waals surface area contributed by atoms with Crippen LogP contribution < -0.4 is 5.32 Å². The van der Waals surface area contributed by atoms with Crippen molar-refractivity contribution in [1.82, 2.24) is 15.5 Å². The summed E-state index contributed by atoms with van der Waals surface area (Å²) in [7, 11) is 0. The molecule has 0 fully saturated rings. The highest BCUT2D eigenvalue weighted by atomic mass is 35.5. The average Bonchev–Trinajstić information content (AvgIpc) is 3.12. The van der Waals surface area contributed by atoms with E-state index in [1.807, 2.05) is 0 Å². The van der Waals surface area contributed by atoms with Crippen LogP contribution >= 0.6 is 23.2 Å². The van der Waals surface area contributed by atoms with E-state index in [0.29, 0.717) is 5.02 Å². The highest BCUT2D eigenvalue weighted by Crippen LogP contribution is 2.30. The second-order valence-electron chi connectivity index (χ2n) is 5.92. The number of rotatable bonds is 5. The largest absolute Gasteiger partial charge is 0.344 e. The van der Waals surface area contributed by atoms with Crippen LogP contribution in [0.3, 0.4) is 0 Å². The van der Waals surface area contributed by atoms with Crippen molar-refractivity contribution in [2.45, 2.75) is 13.0 Å². The van der Waals surface area contributed by atoms with Gasteiger partial charge in [0.1, 0.15) is 11.6 Å². The Hall–Kier alpha value is -2.44. The van der Waals surface area contributed by atoms with Crippen LogP contribution in [0.2, 0.25) is 5.02 Å². The van der Waals surface area contributed by atoms with E-state index in [0.717, 1.165) is 17.7 Å². The van der Waals surface area contributed by atoms with Crippen molar-refractivity contribution in [2.24, 2.45) is 0 Å². The quantitative estimate of drug-likeness (QED) is 0.580. The molecule has 0 aliphatic heterocycles. The second kappa shape index (κ2) is 8.06. The number of carbonyl (C=O) groups excluding carboxylic acids is 1. The highest BCUT2D eigenvalue weighted by Gasteiger charge is 2.23. The molecule has 2 N–H and O–H groups in total. The number of nitrogens with zero attached hydrogens (tertiary/aromatic N) is 1. The number of H-pyrrole nitrogens is 1. The maximum absolute atomic E-state index is 14.3. The van der Waals surface area contributed by atoms with E-state index >= 15 is 0 Å². The van der Waals surface area contributed by atoms with Gasteiger partial charge in [0.25, 0.3) is 5.91 Å². The molecule has 0 spiro atoms. The number of hydrogen-bond donors (Lipinski definition) is 2. The predicted molar refractivity (Wildman–Crippen MR) is 101 cm³/mol. The summed E-state index contributed by atoms with van der Waals surface area (Å²) >= 11 is 12.0. The smallest absolute Gasteiger partial charge is 0.255 e. The molecule has 0 aliphatic carbocycles. The summed E-state index contributed by atoms with van der Waals surface area (Å²) < 4.78 is 28.2. The van der Waals surface area contributed by atoms with Crippen molar-refractivity contribution < 1.29 is 13.6 Å². The fourth-order valence-corrected chi connectivity index (χ4v) is 3.23. The Morgan fingerprint density at radius 3 is 2.70 bits per heavy atom. The van der Waals surface area contributed by atoms with E-state index in [1.165, 1.54) is 13.1 Å². The molecule has 0 saturated carbocycles. The fraction of sp³-hybridized carbons (Fsp3) is 0.158. The number of hydrogen-bond acceptors (Lipinski definition) is 2. The Balaban J connectivity index is 1.94. The van der Waals surface area contributed by atoms with Gasteiger partial charge in [0.2, 0.25) is 0 Å². The third-order valence-electron chi connectivity index (χ3n) is 4.19. The Labute approximate surface area is 164 Å². The lowest BCUT2D eigenvalue weighted by atomic mass is 10.0. The van der Waals surface area contributed by atoms with Gasteiger partial charge < -0.3 is 5.32 Å². The Kier molecular flexibility index (Phi) is 5.77. The van der Waals surface area contributed by atoms with Crippen molar-refractivity contribution in [2.75, 3.05) is 5.88 Å². The zero-order chi connectivity index (χ0) is 19.6. The lowest BCUT2D eigenvalue weighted by molar-refractivity contribution is 0.0941. The minimum Gasteiger partial charge on any atom is -0.344 e. The van der Waals surface area contributed by atoms with Crippen LogP contribution in [0.5, 0.6) is 0 Å². The van der Waals surface area contributed by atoms with Crippen molar-refractivity contribution in [3.05, 3.63) is 75.9 Å². The first-order valence-corrected chi connectivity index (χ1v) is 8.94. The Morgan fingerprint density at radius 1 is 1.26 bits per heavy atom. The number of amides is 1. The summed E-state index contributed by atoms with van der Waals surface area (Å²) in [5.41, 5.74) is 0.949. The van der Waals surface area contributed by atoms with Gasteiger partial charge in [-0.2, -0.15) is 5.10 Å². The van der Waals surface area contributed by atoms with E-state index < -0.39 is 23.6 Å². The summed E-state index contributed by atoms with van der Waals surface area (Å²) in [6.07, 6.45) is 1.26. The molecule has 3 rings (SSSR count). The Morgan fingerprint density at radius 2 is 2.00 bits per heavy atom. The fourth-order valence-electron chi connectivity index (χ4n) is 2.78. The lowest BCUT2D eigenvalue weighted by Gasteiger charge is -2.17. The SMILES string of the molecule is Cc1c(F)ccc(F)c1-c1[nH]ncc1C(=O)N[C@@H](CCl)c1cccc(Cl)c1. The predicted octanol–water partition coefficient (Wildman–Crippen LogP) is 5.03. The molecular formula is C19H15Cl2F2N3O. The molecule has 0 radical (unpaired) electrons. The minimum atomic E-state index is -0.657.